The Hall–Kier alpha value is -2.08. The van der Waals surface area contributed by atoms with E-state index in [-0.39, 0.29) is 0 Å². The predicted molar refractivity (Wildman–Crippen MR) is 87.0 cm³/mol. The Morgan fingerprint density at radius 1 is 1.22 bits per heavy atom. The Morgan fingerprint density at radius 2 is 1.91 bits per heavy atom. The van der Waals surface area contributed by atoms with Gasteiger partial charge >= 0.3 is 11.6 Å². The van der Waals surface area contributed by atoms with E-state index < -0.39 is 0 Å². The zero-order chi connectivity index (χ0) is 16.2. The van der Waals surface area contributed by atoms with Gasteiger partial charge in [0.25, 0.3) is 0 Å². The Labute approximate surface area is 136 Å². The van der Waals surface area contributed by atoms with Crippen LogP contribution in [0.15, 0.2) is 34.9 Å². The lowest BCUT2D eigenvalue weighted by Crippen LogP contribution is -2.69. The summed E-state index contributed by atoms with van der Waals surface area (Å²) in [5.41, 5.74) is 7.87. The third-order valence-corrected chi connectivity index (χ3v) is 4.46. The minimum Gasteiger partial charge on any atom is -0.365 e. The van der Waals surface area contributed by atoms with Crippen molar-refractivity contribution in [3.8, 4) is 0 Å². The first-order chi connectivity index (χ1) is 11.2. The SMILES string of the molecule is CC1CCCC(C)N1[n+]1noc(N)c1COCc1ccccc1. The van der Waals surface area contributed by atoms with Gasteiger partial charge in [-0.25, -0.2) is 0 Å². The van der Waals surface area contributed by atoms with Crippen LogP contribution in [0, 0.1) is 0 Å². The Morgan fingerprint density at radius 3 is 2.61 bits per heavy atom. The van der Waals surface area contributed by atoms with Gasteiger partial charge in [0.15, 0.2) is 0 Å². The van der Waals surface area contributed by atoms with Crippen molar-refractivity contribution in [3.05, 3.63) is 41.6 Å². The molecule has 0 saturated carbocycles. The predicted octanol–water partition coefficient (Wildman–Crippen LogP) is 2.16. The van der Waals surface area contributed by atoms with E-state index >= 15 is 0 Å². The number of aromatic nitrogens is 2. The van der Waals surface area contributed by atoms with Gasteiger partial charge in [-0.2, -0.15) is 0 Å². The van der Waals surface area contributed by atoms with Gasteiger partial charge in [-0.05, 0) is 38.7 Å². The monoisotopic (exact) mass is 317 g/mol. The Kier molecular flexibility index (Phi) is 4.81. The number of piperidine rings is 1. The number of rotatable bonds is 5. The van der Waals surface area contributed by atoms with E-state index in [2.05, 4.69) is 24.1 Å². The van der Waals surface area contributed by atoms with Crippen LogP contribution in [0.5, 0.6) is 0 Å². The number of ether oxygens (including phenoxy) is 1. The summed E-state index contributed by atoms with van der Waals surface area (Å²) in [5.74, 6) is 0.322. The molecule has 2 aromatic rings. The molecule has 0 aliphatic carbocycles. The zero-order valence-corrected chi connectivity index (χ0v) is 13.8. The van der Waals surface area contributed by atoms with Crippen LogP contribution in [0.2, 0.25) is 0 Å². The average molecular weight is 317 g/mol. The maximum absolute atomic E-state index is 5.96. The molecule has 1 aromatic carbocycles. The van der Waals surface area contributed by atoms with Gasteiger partial charge in [0, 0.05) is 0 Å². The second-order valence-electron chi connectivity index (χ2n) is 6.26. The molecule has 0 spiro atoms. The minimum atomic E-state index is 0.322. The molecule has 3 rings (SSSR count). The molecule has 0 bridgehead atoms. The minimum absolute atomic E-state index is 0.322. The van der Waals surface area contributed by atoms with Crippen LogP contribution in [-0.4, -0.2) is 17.4 Å². The quantitative estimate of drug-likeness (QED) is 0.856. The smallest absolute Gasteiger partial charge is 0.333 e. The number of benzene rings is 1. The van der Waals surface area contributed by atoms with Gasteiger partial charge in [-0.1, -0.05) is 30.3 Å². The van der Waals surface area contributed by atoms with Crippen LogP contribution in [0.1, 0.15) is 44.4 Å². The lowest BCUT2D eigenvalue weighted by molar-refractivity contribution is -0.773. The summed E-state index contributed by atoms with van der Waals surface area (Å²) >= 11 is 0. The molecule has 1 aromatic heterocycles. The highest BCUT2D eigenvalue weighted by atomic mass is 16.5. The number of nitrogen functional groups attached to an aromatic ring is 1. The first-order valence-corrected chi connectivity index (χ1v) is 8.23. The second-order valence-corrected chi connectivity index (χ2v) is 6.26. The molecule has 2 heterocycles. The number of hydrogen-bond acceptors (Lipinski definition) is 5. The third-order valence-electron chi connectivity index (χ3n) is 4.46. The van der Waals surface area contributed by atoms with Gasteiger partial charge in [0.05, 0.1) is 23.5 Å². The van der Waals surface area contributed by atoms with Crippen LogP contribution < -0.4 is 15.5 Å². The highest BCUT2D eigenvalue weighted by molar-refractivity contribution is 5.24. The van der Waals surface area contributed by atoms with Crippen LogP contribution in [0.3, 0.4) is 0 Å². The molecule has 23 heavy (non-hydrogen) atoms. The summed E-state index contributed by atoms with van der Waals surface area (Å²) in [6, 6.07) is 10.9. The van der Waals surface area contributed by atoms with E-state index in [0.717, 1.165) is 24.1 Å². The molecule has 1 aliphatic rings. The van der Waals surface area contributed by atoms with Crippen molar-refractivity contribution in [1.29, 1.82) is 0 Å². The van der Waals surface area contributed by atoms with Gasteiger partial charge in [-0.15, -0.1) is 5.01 Å². The molecule has 2 N–H and O–H groups in total. The molecular formula is C17H25N4O2+. The van der Waals surface area contributed by atoms with Gasteiger partial charge < -0.3 is 10.5 Å². The van der Waals surface area contributed by atoms with Crippen molar-refractivity contribution in [1.82, 2.24) is 5.27 Å². The standard InChI is InChI=1S/C17H25N4O2/c1-13-7-6-8-14(2)20(13)21-16(17(18)23-19-21)12-22-11-15-9-4-3-5-10-15/h3-5,9-10,13-14H,6-8,11-12,18H2,1-2H3/q+1. The molecule has 2 unspecified atom stereocenters. The zero-order valence-electron chi connectivity index (χ0n) is 13.8. The summed E-state index contributed by atoms with van der Waals surface area (Å²) in [4.78, 5) is 1.80. The first kappa shape index (κ1) is 15.8. The second kappa shape index (κ2) is 7.00. The van der Waals surface area contributed by atoms with Crippen LogP contribution in [0.4, 0.5) is 5.88 Å². The van der Waals surface area contributed by atoms with E-state index in [1.54, 1.807) is 4.79 Å². The average Bonchev–Trinajstić information content (AvgIpc) is 2.90. The molecule has 1 fully saturated rings. The van der Waals surface area contributed by atoms with E-state index in [1.807, 2.05) is 30.3 Å². The molecule has 1 saturated heterocycles. The summed E-state index contributed by atoms with van der Waals surface area (Å²) in [7, 11) is 0. The summed E-state index contributed by atoms with van der Waals surface area (Å²) in [6.45, 7) is 5.33. The van der Waals surface area contributed by atoms with E-state index in [4.69, 9.17) is 15.0 Å². The van der Waals surface area contributed by atoms with Crippen LogP contribution in [-0.2, 0) is 18.0 Å². The largest absolute Gasteiger partial charge is 0.365 e. The van der Waals surface area contributed by atoms with Crippen molar-refractivity contribution < 1.29 is 14.1 Å². The van der Waals surface area contributed by atoms with Crippen molar-refractivity contribution in [2.75, 3.05) is 10.7 Å². The lowest BCUT2D eigenvalue weighted by atomic mass is 10.00. The first-order valence-electron chi connectivity index (χ1n) is 8.23. The molecule has 1 aliphatic heterocycles. The van der Waals surface area contributed by atoms with Crippen molar-refractivity contribution in [2.45, 2.75) is 58.4 Å². The fraction of sp³-hybridized carbons (Fsp3) is 0.529. The Bertz CT molecular complexity index is 619. The highest BCUT2D eigenvalue weighted by Crippen LogP contribution is 2.19. The van der Waals surface area contributed by atoms with Crippen molar-refractivity contribution >= 4 is 5.88 Å². The van der Waals surface area contributed by atoms with Crippen molar-refractivity contribution in [3.63, 3.8) is 0 Å². The van der Waals surface area contributed by atoms with Crippen LogP contribution >= 0.6 is 0 Å². The number of nitrogens with two attached hydrogens (primary N) is 1. The molecular weight excluding hydrogens is 292 g/mol. The maximum Gasteiger partial charge on any atom is 0.333 e. The molecule has 0 radical (unpaired) electrons. The third kappa shape index (κ3) is 3.47. The topological polar surface area (TPSA) is 68.4 Å². The van der Waals surface area contributed by atoms with Gasteiger partial charge in [-0.3, -0.25) is 4.52 Å². The lowest BCUT2D eigenvalue weighted by Gasteiger charge is -2.32. The molecule has 124 valence electrons. The molecule has 2 atom stereocenters. The van der Waals surface area contributed by atoms with E-state index in [1.165, 1.54) is 6.42 Å². The van der Waals surface area contributed by atoms with Crippen LogP contribution in [0.25, 0.3) is 0 Å². The molecule has 6 heteroatoms. The highest BCUT2D eigenvalue weighted by Gasteiger charge is 2.37. The van der Waals surface area contributed by atoms with E-state index in [0.29, 0.717) is 31.2 Å². The van der Waals surface area contributed by atoms with E-state index in [9.17, 15) is 0 Å². The normalized spacial score (nSPS) is 21.6. The number of hydrogen-bond donors (Lipinski definition) is 1. The molecule has 0 amide bonds. The van der Waals surface area contributed by atoms with Gasteiger partial charge in [0.1, 0.15) is 6.61 Å². The summed E-state index contributed by atoms with van der Waals surface area (Å²) < 4.78 is 11.0. The summed E-state index contributed by atoms with van der Waals surface area (Å²) in [5, 5.41) is 6.37. The summed E-state index contributed by atoms with van der Waals surface area (Å²) in [6.07, 6.45) is 3.54. The Balaban J connectivity index is 1.71. The fourth-order valence-electron chi connectivity index (χ4n) is 3.21. The number of nitrogens with zero attached hydrogens (tertiary/aromatic N) is 3. The maximum atomic E-state index is 5.96. The molecule has 6 nitrogen and oxygen atoms in total. The fourth-order valence-corrected chi connectivity index (χ4v) is 3.21. The van der Waals surface area contributed by atoms with Gasteiger partial charge in [0.2, 0.25) is 5.27 Å². The van der Waals surface area contributed by atoms with Crippen molar-refractivity contribution in [2.24, 2.45) is 0 Å². The number of anilines is 1.